The molecule has 1 saturated carbocycles. The van der Waals surface area contributed by atoms with Crippen molar-refractivity contribution in [2.24, 2.45) is 0 Å². The van der Waals surface area contributed by atoms with E-state index in [1.54, 1.807) is 29.2 Å². The summed E-state index contributed by atoms with van der Waals surface area (Å²) in [6.45, 7) is 1.04. The number of carbonyl (C=O) groups excluding carboxylic acids is 2. The molecule has 0 atom stereocenters. The number of likely N-dealkylation sites (tertiary alicyclic amines) is 1. The van der Waals surface area contributed by atoms with Gasteiger partial charge in [0.05, 0.1) is 11.7 Å². The van der Waals surface area contributed by atoms with Gasteiger partial charge in [0, 0.05) is 56.4 Å². The Hall–Kier alpha value is -4.08. The average molecular weight is 554 g/mol. The second-order valence-electron chi connectivity index (χ2n) is 10.2. The Balaban J connectivity index is 1.06. The highest BCUT2D eigenvalue weighted by atomic mass is 19.1. The first-order chi connectivity index (χ1) is 19.3. The van der Waals surface area contributed by atoms with E-state index in [0.717, 1.165) is 18.2 Å². The topological polar surface area (TPSA) is 80.8 Å². The first-order valence-electron chi connectivity index (χ1n) is 13.4. The molecular formula is C30H30F3N3O4. The van der Waals surface area contributed by atoms with E-state index < -0.39 is 11.6 Å². The molecule has 0 spiro atoms. The minimum atomic E-state index is -0.686. The van der Waals surface area contributed by atoms with E-state index in [0.29, 0.717) is 62.9 Å². The normalized spacial score (nSPS) is 19.6. The molecule has 0 radical (unpaired) electrons. The summed E-state index contributed by atoms with van der Waals surface area (Å²) in [5.41, 5.74) is 0.623. The van der Waals surface area contributed by atoms with Gasteiger partial charge in [0.15, 0.2) is 0 Å². The molecule has 2 heterocycles. The lowest BCUT2D eigenvalue weighted by molar-refractivity contribution is 0.0594. The molecule has 0 bridgehead atoms. The van der Waals surface area contributed by atoms with Crippen LogP contribution < -0.4 is 14.8 Å². The number of carbonyl (C=O) groups is 2. The Kier molecular flexibility index (Phi) is 8.52. The lowest BCUT2D eigenvalue weighted by Gasteiger charge is -2.32. The lowest BCUT2D eigenvalue weighted by Crippen LogP contribution is -2.42. The van der Waals surface area contributed by atoms with Gasteiger partial charge >= 0.3 is 0 Å². The molecule has 2 fully saturated rings. The van der Waals surface area contributed by atoms with E-state index in [1.807, 2.05) is 0 Å². The molecule has 1 aromatic heterocycles. The number of rotatable bonds is 7. The first kappa shape index (κ1) is 27.5. The Labute approximate surface area is 230 Å². The number of aromatic nitrogens is 1. The summed E-state index contributed by atoms with van der Waals surface area (Å²) in [4.78, 5) is 31.6. The average Bonchev–Trinajstić information content (AvgIpc) is 2.95. The molecule has 2 aromatic carbocycles. The second kappa shape index (κ2) is 12.4. The summed E-state index contributed by atoms with van der Waals surface area (Å²) in [7, 11) is 0. The molecule has 7 nitrogen and oxygen atoms in total. The third-order valence-electron chi connectivity index (χ3n) is 7.24. The van der Waals surface area contributed by atoms with E-state index >= 15 is 0 Å². The number of amides is 2. The van der Waals surface area contributed by atoms with E-state index in [-0.39, 0.29) is 47.3 Å². The van der Waals surface area contributed by atoms with E-state index in [1.165, 1.54) is 18.3 Å². The molecule has 210 valence electrons. The van der Waals surface area contributed by atoms with Crippen LogP contribution in [0.3, 0.4) is 0 Å². The number of pyridine rings is 1. The molecule has 3 aromatic rings. The molecule has 0 unspecified atom stereocenters. The Morgan fingerprint density at radius 3 is 2.00 bits per heavy atom. The zero-order valence-electron chi connectivity index (χ0n) is 21.8. The number of ether oxygens (including phenoxy) is 2. The van der Waals surface area contributed by atoms with Gasteiger partial charge in [-0.2, -0.15) is 0 Å². The fraction of sp³-hybridized carbons (Fsp3) is 0.367. The lowest BCUT2D eigenvalue weighted by atomic mass is 9.92. The summed E-state index contributed by atoms with van der Waals surface area (Å²) in [6, 6.07) is 12.1. The van der Waals surface area contributed by atoms with Crippen LogP contribution in [-0.2, 0) is 0 Å². The number of hydrogen-bond acceptors (Lipinski definition) is 5. The summed E-state index contributed by atoms with van der Waals surface area (Å²) < 4.78 is 51.5. The predicted molar refractivity (Wildman–Crippen MR) is 141 cm³/mol. The van der Waals surface area contributed by atoms with Crippen molar-refractivity contribution in [2.75, 3.05) is 13.1 Å². The van der Waals surface area contributed by atoms with Crippen molar-refractivity contribution in [3.8, 4) is 11.5 Å². The van der Waals surface area contributed by atoms with Crippen LogP contribution in [0.15, 0.2) is 60.8 Å². The fourth-order valence-electron chi connectivity index (χ4n) is 5.09. The smallest absolute Gasteiger partial charge is 0.270 e. The number of nitrogens with one attached hydrogen (secondary N) is 1. The minimum absolute atomic E-state index is 0.0512. The van der Waals surface area contributed by atoms with Crippen molar-refractivity contribution >= 4 is 11.8 Å². The third kappa shape index (κ3) is 7.11. The van der Waals surface area contributed by atoms with Gasteiger partial charge in [-0.1, -0.05) is 0 Å². The summed E-state index contributed by atoms with van der Waals surface area (Å²) in [5, 5.41) is 2.97. The molecule has 10 heteroatoms. The molecule has 2 aliphatic rings. The highest BCUT2D eigenvalue weighted by Gasteiger charge is 2.27. The summed E-state index contributed by atoms with van der Waals surface area (Å²) in [5.74, 6) is -1.41. The molecule has 40 heavy (non-hydrogen) atoms. The number of benzene rings is 2. The van der Waals surface area contributed by atoms with E-state index in [2.05, 4.69) is 10.3 Å². The van der Waals surface area contributed by atoms with Crippen molar-refractivity contribution in [3.63, 3.8) is 0 Å². The standard InChI is InChI=1S/C30H30F3N3O4/c31-20-2-6-24(7-3-20)39-26-11-13-36(14-12-26)30(38)19-1-10-28(34-18-19)29(37)35-23-4-8-25(9-5-23)40-27-16-21(32)15-22(33)17-27/h1-3,6-7,10,15-18,23,25-26H,4-5,8-9,11-14H2,(H,35,37)/t23-,25+. The fourth-order valence-corrected chi connectivity index (χ4v) is 5.09. The first-order valence-corrected chi connectivity index (χ1v) is 13.4. The molecular weight excluding hydrogens is 523 g/mol. The Morgan fingerprint density at radius 2 is 1.38 bits per heavy atom. The third-order valence-corrected chi connectivity index (χ3v) is 7.24. The maximum Gasteiger partial charge on any atom is 0.270 e. The maximum absolute atomic E-state index is 13.4. The van der Waals surface area contributed by atoms with Crippen LogP contribution in [0.5, 0.6) is 11.5 Å². The molecule has 1 N–H and O–H groups in total. The Bertz CT molecular complexity index is 1300. The Morgan fingerprint density at radius 1 is 0.750 bits per heavy atom. The van der Waals surface area contributed by atoms with Crippen LogP contribution in [-0.4, -0.2) is 53.0 Å². The van der Waals surface area contributed by atoms with Crippen molar-refractivity contribution in [1.82, 2.24) is 15.2 Å². The minimum Gasteiger partial charge on any atom is -0.490 e. The van der Waals surface area contributed by atoms with E-state index in [9.17, 15) is 22.8 Å². The van der Waals surface area contributed by atoms with Crippen LogP contribution in [0.1, 0.15) is 59.4 Å². The van der Waals surface area contributed by atoms with Gasteiger partial charge in [-0.15, -0.1) is 0 Å². The van der Waals surface area contributed by atoms with Gasteiger partial charge < -0.3 is 19.7 Å². The number of halogens is 3. The van der Waals surface area contributed by atoms with Crippen molar-refractivity contribution in [3.05, 3.63) is 89.5 Å². The van der Waals surface area contributed by atoms with Gasteiger partial charge in [-0.05, 0) is 62.1 Å². The van der Waals surface area contributed by atoms with Crippen molar-refractivity contribution in [1.29, 1.82) is 0 Å². The van der Waals surface area contributed by atoms with Gasteiger partial charge in [-0.25, -0.2) is 13.2 Å². The molecule has 1 saturated heterocycles. The SMILES string of the molecule is O=C(N[C@H]1CC[C@@H](Oc2cc(F)cc(F)c2)CC1)c1ccc(C(=O)N2CCC(Oc3ccc(F)cc3)CC2)cn1. The zero-order chi connectivity index (χ0) is 28.1. The molecule has 1 aliphatic heterocycles. The maximum atomic E-state index is 13.4. The highest BCUT2D eigenvalue weighted by Crippen LogP contribution is 2.25. The van der Waals surface area contributed by atoms with Gasteiger partial charge in [0.25, 0.3) is 11.8 Å². The number of piperidine rings is 1. The van der Waals surface area contributed by atoms with Crippen LogP contribution in [0.25, 0.3) is 0 Å². The van der Waals surface area contributed by atoms with Gasteiger partial charge in [-0.3, -0.25) is 14.6 Å². The quantitative estimate of drug-likeness (QED) is 0.430. The van der Waals surface area contributed by atoms with Gasteiger partial charge in [0.1, 0.15) is 40.7 Å². The van der Waals surface area contributed by atoms with Crippen LogP contribution >= 0.6 is 0 Å². The summed E-state index contributed by atoms with van der Waals surface area (Å²) in [6.07, 6.45) is 5.08. The van der Waals surface area contributed by atoms with Crippen molar-refractivity contribution in [2.45, 2.75) is 56.8 Å². The van der Waals surface area contributed by atoms with Crippen LogP contribution in [0.4, 0.5) is 13.2 Å². The monoisotopic (exact) mass is 553 g/mol. The predicted octanol–water partition coefficient (Wildman–Crippen LogP) is 5.30. The molecule has 1 aliphatic carbocycles. The molecule has 2 amide bonds. The highest BCUT2D eigenvalue weighted by molar-refractivity contribution is 5.96. The second-order valence-corrected chi connectivity index (χ2v) is 10.2. The summed E-state index contributed by atoms with van der Waals surface area (Å²) >= 11 is 0. The number of hydrogen-bond donors (Lipinski definition) is 1. The zero-order valence-corrected chi connectivity index (χ0v) is 21.8. The van der Waals surface area contributed by atoms with Crippen molar-refractivity contribution < 1.29 is 32.2 Å². The van der Waals surface area contributed by atoms with Gasteiger partial charge in [0.2, 0.25) is 0 Å². The number of nitrogens with zero attached hydrogens (tertiary/aromatic N) is 2. The molecule has 5 rings (SSSR count). The van der Waals surface area contributed by atoms with Crippen LogP contribution in [0, 0.1) is 17.5 Å². The van der Waals surface area contributed by atoms with E-state index in [4.69, 9.17) is 9.47 Å². The van der Waals surface area contributed by atoms with Crippen LogP contribution in [0.2, 0.25) is 0 Å². The largest absolute Gasteiger partial charge is 0.490 e.